The highest BCUT2D eigenvalue weighted by Crippen LogP contribution is 2.19. The van der Waals surface area contributed by atoms with E-state index in [4.69, 9.17) is 10.8 Å². The lowest BCUT2D eigenvalue weighted by Gasteiger charge is -2.26. The number of nitrogens with two attached hydrogens (primary N) is 1. The number of hydrogen-bond donors (Lipinski definition) is 8. The fraction of sp³-hybridized carbons (Fsp3) is 0.500. The molecule has 1 aromatic carbocycles. The van der Waals surface area contributed by atoms with Crippen molar-refractivity contribution in [2.24, 2.45) is 11.7 Å². The number of H-pyrrole nitrogens is 1. The number of aromatic nitrogens is 1. The van der Waals surface area contributed by atoms with Crippen LogP contribution in [0.5, 0.6) is 0 Å². The van der Waals surface area contributed by atoms with Crippen LogP contribution in [0, 0.1) is 5.92 Å². The predicted molar refractivity (Wildman–Crippen MR) is 141 cm³/mol. The van der Waals surface area contributed by atoms with Crippen molar-refractivity contribution in [3.05, 3.63) is 36.0 Å². The molecule has 1 aromatic heterocycles. The first-order chi connectivity index (χ1) is 18.3. The number of aromatic amines is 1. The normalized spacial score (nSPS) is 15.1. The second kappa shape index (κ2) is 14.3. The summed E-state index contributed by atoms with van der Waals surface area (Å²) in [5, 5.41) is 36.6. The summed E-state index contributed by atoms with van der Waals surface area (Å²) in [4.78, 5) is 64.8. The summed E-state index contributed by atoms with van der Waals surface area (Å²) >= 11 is 0. The molecule has 1 heterocycles. The average Bonchev–Trinajstić information content (AvgIpc) is 3.27. The molecule has 13 heteroatoms. The second-order valence-electron chi connectivity index (χ2n) is 9.91. The maximum atomic E-state index is 13.2. The molecule has 0 saturated carbocycles. The highest BCUT2D eigenvalue weighted by atomic mass is 16.4. The van der Waals surface area contributed by atoms with Crippen LogP contribution in [-0.4, -0.2) is 80.2 Å². The smallest absolute Gasteiger partial charge is 0.326 e. The highest BCUT2D eigenvalue weighted by Gasteiger charge is 2.32. The minimum Gasteiger partial charge on any atom is -0.481 e. The Hall–Kier alpha value is -3.97. The molecule has 39 heavy (non-hydrogen) atoms. The van der Waals surface area contributed by atoms with Gasteiger partial charge in [-0.3, -0.25) is 19.2 Å². The van der Waals surface area contributed by atoms with Gasteiger partial charge in [0.2, 0.25) is 17.7 Å². The van der Waals surface area contributed by atoms with Crippen LogP contribution in [0.1, 0.15) is 45.6 Å². The van der Waals surface area contributed by atoms with E-state index in [0.29, 0.717) is 5.56 Å². The summed E-state index contributed by atoms with van der Waals surface area (Å²) in [7, 11) is 0. The summed E-state index contributed by atoms with van der Waals surface area (Å²) in [6.45, 7) is 4.89. The number of carboxylic acid groups (broad SMARTS) is 2. The van der Waals surface area contributed by atoms with Crippen molar-refractivity contribution in [3.8, 4) is 0 Å². The van der Waals surface area contributed by atoms with Gasteiger partial charge in [-0.25, -0.2) is 4.79 Å². The summed E-state index contributed by atoms with van der Waals surface area (Å²) < 4.78 is 0. The molecule has 214 valence electrons. The molecule has 0 saturated heterocycles. The van der Waals surface area contributed by atoms with Gasteiger partial charge in [0.15, 0.2) is 0 Å². The first-order valence-electron chi connectivity index (χ1n) is 12.6. The van der Waals surface area contributed by atoms with E-state index in [1.807, 2.05) is 24.3 Å². The molecule has 0 bridgehead atoms. The number of carboxylic acids is 2. The average molecular weight is 548 g/mol. The van der Waals surface area contributed by atoms with E-state index in [9.17, 15) is 34.2 Å². The Morgan fingerprint density at radius 2 is 1.49 bits per heavy atom. The van der Waals surface area contributed by atoms with Crippen LogP contribution >= 0.6 is 0 Å². The van der Waals surface area contributed by atoms with Crippen molar-refractivity contribution in [1.29, 1.82) is 0 Å². The predicted octanol–water partition coefficient (Wildman–Crippen LogP) is -0.132. The molecule has 9 N–H and O–H groups in total. The summed E-state index contributed by atoms with van der Waals surface area (Å²) in [6.07, 6.45) is -0.180. The lowest BCUT2D eigenvalue weighted by molar-refractivity contribution is -0.142. The summed E-state index contributed by atoms with van der Waals surface area (Å²) in [5.74, 6) is -5.01. The number of amides is 3. The van der Waals surface area contributed by atoms with E-state index in [-0.39, 0.29) is 25.2 Å². The van der Waals surface area contributed by atoms with Crippen LogP contribution in [-0.2, 0) is 30.4 Å². The third-order valence-electron chi connectivity index (χ3n) is 6.16. The van der Waals surface area contributed by atoms with Crippen LogP contribution in [0.25, 0.3) is 10.9 Å². The number of carbonyl (C=O) groups is 5. The van der Waals surface area contributed by atoms with Gasteiger partial charge in [-0.2, -0.15) is 0 Å². The zero-order chi connectivity index (χ0) is 29.3. The molecule has 0 aliphatic carbocycles. The molecule has 0 radical (unpaired) electrons. The van der Waals surface area contributed by atoms with Gasteiger partial charge in [-0.15, -0.1) is 0 Å². The van der Waals surface area contributed by atoms with Crippen molar-refractivity contribution in [2.75, 3.05) is 0 Å². The monoisotopic (exact) mass is 547 g/mol. The molecule has 13 nitrogen and oxygen atoms in total. The minimum atomic E-state index is -1.36. The number of hydrogen-bond acceptors (Lipinski definition) is 7. The van der Waals surface area contributed by atoms with Crippen molar-refractivity contribution >= 4 is 40.6 Å². The fourth-order valence-corrected chi connectivity index (χ4v) is 3.99. The molecule has 5 unspecified atom stereocenters. The topological polar surface area (TPSA) is 224 Å². The molecule has 0 spiro atoms. The second-order valence-corrected chi connectivity index (χ2v) is 9.91. The van der Waals surface area contributed by atoms with E-state index in [2.05, 4.69) is 20.9 Å². The Labute approximate surface area is 225 Å². The zero-order valence-electron chi connectivity index (χ0n) is 22.1. The lowest BCUT2D eigenvalue weighted by atomic mass is 10.0. The van der Waals surface area contributed by atoms with Crippen LogP contribution in [0.2, 0.25) is 0 Å². The van der Waals surface area contributed by atoms with Crippen molar-refractivity contribution < 1.29 is 39.3 Å². The quantitative estimate of drug-likeness (QED) is 0.148. The number of para-hydroxylation sites is 1. The van der Waals surface area contributed by atoms with Crippen LogP contribution in [0.4, 0.5) is 0 Å². The SMILES string of the molecule is CC(C)CC(NC(=O)C(CCC(=O)O)NC(=O)C(N)C(C)O)C(=O)NC(Cc1c[nH]c2ccccc12)C(=O)O. The molecular weight excluding hydrogens is 510 g/mol. The van der Waals surface area contributed by atoms with Gasteiger partial charge in [0.1, 0.15) is 24.2 Å². The maximum Gasteiger partial charge on any atom is 0.326 e. The third-order valence-corrected chi connectivity index (χ3v) is 6.16. The Morgan fingerprint density at radius 1 is 0.897 bits per heavy atom. The number of aliphatic hydroxyl groups excluding tert-OH is 1. The molecule has 0 fully saturated rings. The molecule has 0 aliphatic heterocycles. The molecule has 0 aliphatic rings. The first-order valence-corrected chi connectivity index (χ1v) is 12.6. The van der Waals surface area contributed by atoms with Crippen LogP contribution in [0.15, 0.2) is 30.5 Å². The molecule has 5 atom stereocenters. The van der Waals surface area contributed by atoms with Crippen molar-refractivity contribution in [2.45, 2.75) is 76.7 Å². The van der Waals surface area contributed by atoms with E-state index in [0.717, 1.165) is 10.9 Å². The number of carbonyl (C=O) groups excluding carboxylic acids is 3. The number of rotatable bonds is 15. The van der Waals surface area contributed by atoms with Gasteiger partial charge < -0.3 is 42.0 Å². The first kappa shape index (κ1) is 31.2. The van der Waals surface area contributed by atoms with Gasteiger partial charge in [-0.05, 0) is 37.3 Å². The molecule has 2 aromatic rings. The Balaban J connectivity index is 2.20. The molecular formula is C26H37N5O8. The summed E-state index contributed by atoms with van der Waals surface area (Å²) in [5.41, 5.74) is 7.13. The number of aliphatic hydroxyl groups is 1. The fourth-order valence-electron chi connectivity index (χ4n) is 3.99. The third kappa shape index (κ3) is 9.37. The largest absolute Gasteiger partial charge is 0.481 e. The Bertz CT molecular complexity index is 1180. The van der Waals surface area contributed by atoms with Crippen LogP contribution < -0.4 is 21.7 Å². The van der Waals surface area contributed by atoms with E-state index >= 15 is 0 Å². The Kier molecular flexibility index (Phi) is 11.4. The summed E-state index contributed by atoms with van der Waals surface area (Å²) in [6, 6.07) is 2.14. The number of aliphatic carboxylic acids is 2. The van der Waals surface area contributed by atoms with Gasteiger partial charge in [0.05, 0.1) is 6.10 Å². The maximum absolute atomic E-state index is 13.2. The van der Waals surface area contributed by atoms with E-state index < -0.39 is 66.4 Å². The zero-order valence-corrected chi connectivity index (χ0v) is 22.1. The van der Waals surface area contributed by atoms with Gasteiger partial charge >= 0.3 is 11.9 Å². The van der Waals surface area contributed by atoms with Gasteiger partial charge in [0.25, 0.3) is 0 Å². The molecule has 2 rings (SSSR count). The Morgan fingerprint density at radius 3 is 2.08 bits per heavy atom. The molecule has 3 amide bonds. The number of benzene rings is 1. The van der Waals surface area contributed by atoms with Crippen LogP contribution in [0.3, 0.4) is 0 Å². The standard InChI is InChI=1S/C26H37N5O8/c1-13(2)10-19(30-23(35)18(8-9-21(33)34)29-25(37)22(27)14(3)32)24(36)31-20(26(38)39)11-15-12-28-17-7-5-4-6-16(15)17/h4-7,12-14,18-20,22,28,32H,8-11,27H2,1-3H3,(H,29,37)(H,30,35)(H,31,36)(H,33,34)(H,38,39). The van der Waals surface area contributed by atoms with Gasteiger partial charge in [0, 0.05) is 29.9 Å². The van der Waals surface area contributed by atoms with Gasteiger partial charge in [-0.1, -0.05) is 32.0 Å². The van der Waals surface area contributed by atoms with Crippen molar-refractivity contribution in [1.82, 2.24) is 20.9 Å². The minimum absolute atomic E-state index is 0.0119. The number of nitrogens with one attached hydrogen (secondary N) is 4. The van der Waals surface area contributed by atoms with E-state index in [1.165, 1.54) is 6.92 Å². The van der Waals surface area contributed by atoms with E-state index in [1.54, 1.807) is 20.0 Å². The lowest BCUT2D eigenvalue weighted by Crippen LogP contribution is -2.58. The highest BCUT2D eigenvalue weighted by molar-refractivity contribution is 5.94. The number of fused-ring (bicyclic) bond motifs is 1. The van der Waals surface area contributed by atoms with Crippen molar-refractivity contribution in [3.63, 3.8) is 0 Å².